The Labute approximate surface area is 168 Å². The second-order valence-corrected chi connectivity index (χ2v) is 6.67. The molecule has 1 heterocycles. The van der Waals surface area contributed by atoms with Crippen molar-refractivity contribution >= 4 is 23.6 Å². The van der Waals surface area contributed by atoms with Gasteiger partial charge in [0.05, 0.1) is 17.9 Å². The van der Waals surface area contributed by atoms with Crippen LogP contribution in [-0.2, 0) is 13.2 Å². The van der Waals surface area contributed by atoms with Gasteiger partial charge in [-0.3, -0.25) is 0 Å². The first-order chi connectivity index (χ1) is 13.5. The lowest BCUT2D eigenvalue weighted by atomic mass is 9.99. The van der Waals surface area contributed by atoms with E-state index in [0.29, 0.717) is 28.8 Å². The summed E-state index contributed by atoms with van der Waals surface area (Å²) < 4.78 is 1.88. The number of hydrogen-bond acceptors (Lipinski definition) is 3. The number of imidazole rings is 1. The maximum absolute atomic E-state index is 11.4. The van der Waals surface area contributed by atoms with E-state index in [2.05, 4.69) is 4.98 Å². The van der Waals surface area contributed by atoms with Crippen LogP contribution in [0.1, 0.15) is 40.8 Å². The second kappa shape index (κ2) is 8.87. The smallest absolute Gasteiger partial charge is 0.336 e. The number of benzene rings is 2. The summed E-state index contributed by atoms with van der Waals surface area (Å²) in [5.41, 5.74) is 3.34. The van der Waals surface area contributed by atoms with E-state index in [-0.39, 0.29) is 12.2 Å². The summed E-state index contributed by atoms with van der Waals surface area (Å²) in [6, 6.07) is 14.6. The molecule has 0 fully saturated rings. The van der Waals surface area contributed by atoms with Gasteiger partial charge in [-0.1, -0.05) is 67.1 Å². The van der Waals surface area contributed by atoms with Crippen LogP contribution in [0.5, 0.6) is 0 Å². The summed E-state index contributed by atoms with van der Waals surface area (Å²) in [7, 11) is 0. The van der Waals surface area contributed by atoms with Crippen LogP contribution in [0.2, 0.25) is 5.15 Å². The third-order valence-corrected chi connectivity index (χ3v) is 4.77. The van der Waals surface area contributed by atoms with Gasteiger partial charge in [-0.15, -0.1) is 0 Å². The SMILES string of the molecule is CC/C=C/c1nc(Cl)c(CO)n1Cc1ccc(-c2ccccc2C(=O)O)cc1. The van der Waals surface area contributed by atoms with Crippen LogP contribution in [0.4, 0.5) is 0 Å². The van der Waals surface area contributed by atoms with Crippen LogP contribution in [0.3, 0.4) is 0 Å². The third-order valence-electron chi connectivity index (χ3n) is 4.47. The molecular formula is C22H21ClN2O3. The van der Waals surface area contributed by atoms with E-state index >= 15 is 0 Å². The number of halogens is 1. The van der Waals surface area contributed by atoms with E-state index in [1.807, 2.05) is 54.0 Å². The van der Waals surface area contributed by atoms with Crippen LogP contribution in [0.25, 0.3) is 17.2 Å². The first kappa shape index (κ1) is 19.9. The van der Waals surface area contributed by atoms with Gasteiger partial charge >= 0.3 is 5.97 Å². The summed E-state index contributed by atoms with van der Waals surface area (Å²) in [5, 5.41) is 19.3. The van der Waals surface area contributed by atoms with E-state index < -0.39 is 5.97 Å². The molecule has 0 aliphatic carbocycles. The van der Waals surface area contributed by atoms with Crippen molar-refractivity contribution in [2.24, 2.45) is 0 Å². The van der Waals surface area contributed by atoms with Gasteiger partial charge in [-0.25, -0.2) is 9.78 Å². The minimum Gasteiger partial charge on any atom is -0.478 e. The predicted octanol–water partition coefficient (Wildman–Crippen LogP) is 4.87. The zero-order chi connectivity index (χ0) is 20.1. The van der Waals surface area contributed by atoms with E-state index in [1.165, 1.54) is 0 Å². The fourth-order valence-corrected chi connectivity index (χ4v) is 3.29. The number of hydrogen-bond donors (Lipinski definition) is 2. The Bertz CT molecular complexity index is 1010. The van der Waals surface area contributed by atoms with Gasteiger partial charge in [0.1, 0.15) is 5.82 Å². The number of allylic oxidation sites excluding steroid dienone is 1. The van der Waals surface area contributed by atoms with Gasteiger partial charge in [0.2, 0.25) is 0 Å². The molecule has 0 aliphatic rings. The van der Waals surface area contributed by atoms with Crippen molar-refractivity contribution in [2.45, 2.75) is 26.5 Å². The number of carbonyl (C=O) groups is 1. The van der Waals surface area contributed by atoms with Gasteiger partial charge in [-0.05, 0) is 35.3 Å². The van der Waals surface area contributed by atoms with Crippen molar-refractivity contribution < 1.29 is 15.0 Å². The van der Waals surface area contributed by atoms with E-state index in [9.17, 15) is 15.0 Å². The monoisotopic (exact) mass is 396 g/mol. The molecule has 0 atom stereocenters. The van der Waals surface area contributed by atoms with Crippen LogP contribution in [0, 0.1) is 0 Å². The van der Waals surface area contributed by atoms with Gasteiger partial charge in [-0.2, -0.15) is 0 Å². The lowest BCUT2D eigenvalue weighted by molar-refractivity contribution is 0.0697. The van der Waals surface area contributed by atoms with Crippen molar-refractivity contribution in [1.82, 2.24) is 9.55 Å². The Morgan fingerprint density at radius 3 is 2.54 bits per heavy atom. The van der Waals surface area contributed by atoms with E-state index in [1.54, 1.807) is 18.2 Å². The van der Waals surface area contributed by atoms with Crippen molar-refractivity contribution in [2.75, 3.05) is 0 Å². The highest BCUT2D eigenvalue weighted by molar-refractivity contribution is 6.30. The van der Waals surface area contributed by atoms with Gasteiger partial charge < -0.3 is 14.8 Å². The van der Waals surface area contributed by atoms with Crippen LogP contribution >= 0.6 is 11.6 Å². The first-order valence-corrected chi connectivity index (χ1v) is 9.36. The van der Waals surface area contributed by atoms with Gasteiger partial charge in [0, 0.05) is 6.54 Å². The molecule has 6 heteroatoms. The standard InChI is InChI=1S/C22H21ClN2O3/c1-2-3-8-20-24-21(23)19(14-26)25(20)13-15-9-11-16(12-10-15)17-6-4-5-7-18(17)22(27)28/h3-12,26H,2,13-14H2,1H3,(H,27,28)/b8-3+. The predicted molar refractivity (Wildman–Crippen MR) is 110 cm³/mol. The summed E-state index contributed by atoms with van der Waals surface area (Å²) in [5.74, 6) is -0.260. The molecule has 1 aromatic heterocycles. The molecule has 0 saturated carbocycles. The lowest BCUT2D eigenvalue weighted by Gasteiger charge is -2.11. The average molecular weight is 397 g/mol. The van der Waals surface area contributed by atoms with Gasteiger partial charge in [0.15, 0.2) is 5.15 Å². The topological polar surface area (TPSA) is 75.4 Å². The molecule has 0 saturated heterocycles. The zero-order valence-corrected chi connectivity index (χ0v) is 16.2. The largest absolute Gasteiger partial charge is 0.478 e. The number of aromatic carboxylic acids is 1. The fourth-order valence-electron chi connectivity index (χ4n) is 3.05. The van der Waals surface area contributed by atoms with Crippen LogP contribution < -0.4 is 0 Å². The van der Waals surface area contributed by atoms with Crippen molar-refractivity contribution in [3.8, 4) is 11.1 Å². The number of nitrogens with zero attached hydrogens (tertiary/aromatic N) is 2. The van der Waals surface area contributed by atoms with Crippen molar-refractivity contribution in [3.05, 3.63) is 82.4 Å². The van der Waals surface area contributed by atoms with Crippen LogP contribution in [-0.4, -0.2) is 25.7 Å². The normalized spacial score (nSPS) is 11.2. The number of carboxylic acids is 1. The number of aliphatic hydroxyl groups is 1. The number of rotatable bonds is 7. The lowest BCUT2D eigenvalue weighted by Crippen LogP contribution is -2.07. The Morgan fingerprint density at radius 2 is 1.89 bits per heavy atom. The summed E-state index contributed by atoms with van der Waals surface area (Å²) in [6.45, 7) is 2.34. The zero-order valence-electron chi connectivity index (χ0n) is 15.5. The Balaban J connectivity index is 1.92. The van der Waals surface area contributed by atoms with E-state index in [4.69, 9.17) is 11.6 Å². The Morgan fingerprint density at radius 1 is 1.18 bits per heavy atom. The molecule has 0 amide bonds. The molecule has 2 aromatic carbocycles. The van der Waals surface area contributed by atoms with Crippen LogP contribution in [0.15, 0.2) is 54.6 Å². The average Bonchev–Trinajstić information content (AvgIpc) is 3.01. The molecular weight excluding hydrogens is 376 g/mol. The highest BCUT2D eigenvalue weighted by atomic mass is 35.5. The Kier molecular flexibility index (Phi) is 6.29. The van der Waals surface area contributed by atoms with Crippen molar-refractivity contribution in [1.29, 1.82) is 0 Å². The molecule has 144 valence electrons. The second-order valence-electron chi connectivity index (χ2n) is 6.31. The minimum absolute atomic E-state index is 0.199. The maximum Gasteiger partial charge on any atom is 0.336 e. The number of aromatic nitrogens is 2. The molecule has 3 aromatic rings. The highest BCUT2D eigenvalue weighted by Gasteiger charge is 2.14. The molecule has 5 nitrogen and oxygen atoms in total. The summed E-state index contributed by atoms with van der Waals surface area (Å²) in [6.07, 6.45) is 4.75. The molecule has 28 heavy (non-hydrogen) atoms. The summed E-state index contributed by atoms with van der Waals surface area (Å²) >= 11 is 6.17. The fraction of sp³-hybridized carbons (Fsp3) is 0.182. The molecule has 0 aliphatic heterocycles. The van der Waals surface area contributed by atoms with Gasteiger partial charge in [0.25, 0.3) is 0 Å². The Hall–Kier alpha value is -2.89. The minimum atomic E-state index is -0.951. The summed E-state index contributed by atoms with van der Waals surface area (Å²) in [4.78, 5) is 15.8. The molecule has 0 unspecified atom stereocenters. The first-order valence-electron chi connectivity index (χ1n) is 8.99. The third kappa shape index (κ3) is 4.16. The molecule has 0 bridgehead atoms. The highest BCUT2D eigenvalue weighted by Crippen LogP contribution is 2.25. The number of carboxylic acid groups (broad SMARTS) is 1. The number of aliphatic hydroxyl groups excluding tert-OH is 1. The maximum atomic E-state index is 11.4. The molecule has 0 spiro atoms. The van der Waals surface area contributed by atoms with Crippen molar-refractivity contribution in [3.63, 3.8) is 0 Å². The quantitative estimate of drug-likeness (QED) is 0.597. The molecule has 2 N–H and O–H groups in total. The molecule has 0 radical (unpaired) electrons. The van der Waals surface area contributed by atoms with E-state index in [0.717, 1.165) is 17.5 Å². The molecule has 3 rings (SSSR count).